The summed E-state index contributed by atoms with van der Waals surface area (Å²) in [5, 5.41) is 22.5. The third-order valence-electron chi connectivity index (χ3n) is 7.76. The lowest BCUT2D eigenvalue weighted by Crippen LogP contribution is -2.63. The molecule has 1 spiro atoms. The predicted molar refractivity (Wildman–Crippen MR) is 118 cm³/mol. The van der Waals surface area contributed by atoms with Gasteiger partial charge in [0.05, 0.1) is 31.0 Å². The summed E-state index contributed by atoms with van der Waals surface area (Å²) in [6.45, 7) is 11.7. The zero-order valence-corrected chi connectivity index (χ0v) is 19.9. The Hall–Kier alpha value is -2.00. The van der Waals surface area contributed by atoms with E-state index in [-0.39, 0.29) is 31.1 Å². The number of fused-ring (bicyclic) bond motifs is 2. The lowest BCUT2D eigenvalue weighted by Gasteiger charge is -2.56. The molecule has 8 atom stereocenters. The molecular formula is C25H34O8. The Morgan fingerprint density at radius 1 is 1.24 bits per heavy atom. The van der Waals surface area contributed by atoms with Crippen LogP contribution in [0.3, 0.4) is 0 Å². The first kappa shape index (κ1) is 24.1. The van der Waals surface area contributed by atoms with E-state index < -0.39 is 52.8 Å². The van der Waals surface area contributed by atoms with E-state index in [1.165, 1.54) is 7.11 Å². The number of carbonyl (C=O) groups is 2. The van der Waals surface area contributed by atoms with Crippen LogP contribution >= 0.6 is 0 Å². The van der Waals surface area contributed by atoms with Gasteiger partial charge in [-0.1, -0.05) is 18.2 Å². The summed E-state index contributed by atoms with van der Waals surface area (Å²) < 4.78 is 23.2. The van der Waals surface area contributed by atoms with Crippen molar-refractivity contribution in [3.05, 3.63) is 35.5 Å². The SMILES string of the molecule is C=C(C)[C@@H]1C[C@@]2(OCC)O[C@@]3(C=C2C(=O)OC)[C@H]2[C@H](C(C(=O)OCC)=C[C@@H]13)[C@H](O)C[C@]2(C)O. The summed E-state index contributed by atoms with van der Waals surface area (Å²) in [5.41, 5.74) is -1.17. The number of aliphatic hydroxyl groups is 2. The number of rotatable bonds is 6. The van der Waals surface area contributed by atoms with Gasteiger partial charge in [-0.2, -0.15) is 0 Å². The van der Waals surface area contributed by atoms with Crippen molar-refractivity contribution in [2.75, 3.05) is 20.3 Å². The highest BCUT2D eigenvalue weighted by Crippen LogP contribution is 2.66. The lowest BCUT2D eigenvalue weighted by molar-refractivity contribution is -0.307. The molecular weight excluding hydrogens is 428 g/mol. The van der Waals surface area contributed by atoms with Gasteiger partial charge in [0.25, 0.3) is 0 Å². The second kappa shape index (κ2) is 8.05. The molecule has 0 radical (unpaired) electrons. The van der Waals surface area contributed by atoms with Crippen molar-refractivity contribution in [1.82, 2.24) is 0 Å². The zero-order chi connectivity index (χ0) is 24.3. The van der Waals surface area contributed by atoms with Crippen LogP contribution in [0, 0.1) is 23.7 Å². The topological polar surface area (TPSA) is 112 Å². The van der Waals surface area contributed by atoms with Gasteiger partial charge in [-0.05, 0) is 39.7 Å². The van der Waals surface area contributed by atoms with Gasteiger partial charge in [-0.3, -0.25) is 0 Å². The summed E-state index contributed by atoms with van der Waals surface area (Å²) in [5.74, 6) is -4.56. The molecule has 0 unspecified atom stereocenters. The van der Waals surface area contributed by atoms with Crippen molar-refractivity contribution in [2.24, 2.45) is 23.7 Å². The molecule has 1 saturated heterocycles. The van der Waals surface area contributed by atoms with Crippen LogP contribution < -0.4 is 0 Å². The average Bonchev–Trinajstić information content (AvgIpc) is 3.14. The van der Waals surface area contributed by atoms with Crippen LogP contribution in [0.2, 0.25) is 0 Å². The van der Waals surface area contributed by atoms with E-state index in [2.05, 4.69) is 6.58 Å². The Labute approximate surface area is 194 Å². The number of methoxy groups -OCH3 is 1. The van der Waals surface area contributed by atoms with Crippen LogP contribution in [0.25, 0.3) is 0 Å². The molecule has 8 heteroatoms. The smallest absolute Gasteiger partial charge is 0.339 e. The molecule has 2 fully saturated rings. The number of ether oxygens (including phenoxy) is 4. The minimum absolute atomic E-state index is 0.0533. The highest BCUT2D eigenvalue weighted by molar-refractivity contribution is 5.92. The van der Waals surface area contributed by atoms with Crippen LogP contribution in [0.15, 0.2) is 35.5 Å². The van der Waals surface area contributed by atoms with Crippen molar-refractivity contribution >= 4 is 11.9 Å². The van der Waals surface area contributed by atoms with Gasteiger partial charge >= 0.3 is 11.9 Å². The molecule has 2 bridgehead atoms. The maximum atomic E-state index is 13.0. The Morgan fingerprint density at radius 2 is 1.94 bits per heavy atom. The Kier molecular flexibility index (Phi) is 5.88. The Bertz CT molecular complexity index is 933. The van der Waals surface area contributed by atoms with Crippen LogP contribution in [-0.4, -0.2) is 65.6 Å². The second-order valence-corrected chi connectivity index (χ2v) is 9.85. The van der Waals surface area contributed by atoms with E-state index in [1.807, 2.05) is 13.8 Å². The third kappa shape index (κ3) is 3.33. The lowest BCUT2D eigenvalue weighted by atomic mass is 9.57. The molecule has 0 amide bonds. The largest absolute Gasteiger partial charge is 0.466 e. The average molecular weight is 463 g/mol. The van der Waals surface area contributed by atoms with Crippen molar-refractivity contribution in [3.63, 3.8) is 0 Å². The number of esters is 2. The molecule has 0 aromatic carbocycles. The Morgan fingerprint density at radius 3 is 2.52 bits per heavy atom. The van der Waals surface area contributed by atoms with Crippen LogP contribution in [-0.2, 0) is 28.5 Å². The van der Waals surface area contributed by atoms with Crippen molar-refractivity contribution in [2.45, 2.75) is 63.6 Å². The third-order valence-corrected chi connectivity index (χ3v) is 7.76. The Balaban J connectivity index is 2.00. The summed E-state index contributed by atoms with van der Waals surface area (Å²) in [4.78, 5) is 25.9. The van der Waals surface area contributed by atoms with Gasteiger partial charge in [0, 0.05) is 42.8 Å². The first-order chi connectivity index (χ1) is 15.5. The zero-order valence-electron chi connectivity index (χ0n) is 19.9. The van der Waals surface area contributed by atoms with Gasteiger partial charge in [0.15, 0.2) is 0 Å². The van der Waals surface area contributed by atoms with Gasteiger partial charge in [-0.15, -0.1) is 0 Å². The second-order valence-electron chi connectivity index (χ2n) is 9.85. The molecule has 2 aliphatic heterocycles. The first-order valence-electron chi connectivity index (χ1n) is 11.6. The highest BCUT2D eigenvalue weighted by atomic mass is 16.7. The number of hydrogen-bond donors (Lipinski definition) is 2. The fraction of sp³-hybridized carbons (Fsp3) is 0.680. The van der Waals surface area contributed by atoms with Gasteiger partial charge < -0.3 is 29.2 Å². The molecule has 182 valence electrons. The fourth-order valence-electron chi connectivity index (χ4n) is 6.73. The van der Waals surface area contributed by atoms with E-state index in [9.17, 15) is 19.8 Å². The minimum atomic E-state index is -1.38. The molecule has 2 aliphatic carbocycles. The maximum Gasteiger partial charge on any atom is 0.339 e. The summed E-state index contributed by atoms with van der Waals surface area (Å²) >= 11 is 0. The monoisotopic (exact) mass is 462 g/mol. The quantitative estimate of drug-likeness (QED) is 0.456. The van der Waals surface area contributed by atoms with E-state index in [0.29, 0.717) is 12.0 Å². The fourth-order valence-corrected chi connectivity index (χ4v) is 6.73. The van der Waals surface area contributed by atoms with E-state index in [1.54, 1.807) is 26.0 Å². The van der Waals surface area contributed by atoms with Crippen molar-refractivity contribution < 1.29 is 38.7 Å². The molecule has 4 rings (SSSR count). The van der Waals surface area contributed by atoms with Crippen molar-refractivity contribution in [1.29, 1.82) is 0 Å². The van der Waals surface area contributed by atoms with Crippen LogP contribution in [0.1, 0.15) is 40.5 Å². The number of carbonyl (C=O) groups excluding carboxylic acids is 2. The van der Waals surface area contributed by atoms with Crippen LogP contribution in [0.5, 0.6) is 0 Å². The molecule has 8 nitrogen and oxygen atoms in total. The van der Waals surface area contributed by atoms with Gasteiger partial charge in [0.2, 0.25) is 5.79 Å². The van der Waals surface area contributed by atoms with E-state index in [0.717, 1.165) is 5.57 Å². The first-order valence-corrected chi connectivity index (χ1v) is 11.6. The molecule has 33 heavy (non-hydrogen) atoms. The van der Waals surface area contributed by atoms with Crippen molar-refractivity contribution in [3.8, 4) is 0 Å². The molecule has 1 saturated carbocycles. The van der Waals surface area contributed by atoms with E-state index in [4.69, 9.17) is 18.9 Å². The molecule has 2 heterocycles. The van der Waals surface area contributed by atoms with Crippen LogP contribution in [0.4, 0.5) is 0 Å². The molecule has 4 aliphatic rings. The number of aliphatic hydroxyl groups excluding tert-OH is 1. The standard InChI is InChI=1S/C25H34O8/c1-7-31-21(27)14-9-16-15(13(3)4)10-25(32-8-2)17(22(28)30-6)11-24(16,33-25)20-19(14)18(26)12-23(20,5)29/h9,11,15-16,18-20,26,29H,3,7-8,10,12H2,1-2,4-6H3/t15-,16-,18+,19+,20-,23-,24+,25+/m0/s1. The predicted octanol–water partition coefficient (Wildman–Crippen LogP) is 2.05. The molecule has 0 aromatic heterocycles. The molecule has 2 N–H and O–H groups in total. The number of hydrogen-bond acceptors (Lipinski definition) is 8. The normalized spacial score (nSPS) is 43.2. The van der Waals surface area contributed by atoms with Gasteiger partial charge in [-0.25, -0.2) is 9.59 Å². The summed E-state index contributed by atoms with van der Waals surface area (Å²) in [7, 11) is 1.30. The van der Waals surface area contributed by atoms with Gasteiger partial charge in [0.1, 0.15) is 5.60 Å². The number of allylic oxidation sites excluding steroid dienone is 1. The van der Waals surface area contributed by atoms with E-state index >= 15 is 0 Å². The summed E-state index contributed by atoms with van der Waals surface area (Å²) in [6.07, 6.45) is 2.89. The highest BCUT2D eigenvalue weighted by Gasteiger charge is 2.73. The summed E-state index contributed by atoms with van der Waals surface area (Å²) in [6, 6.07) is 0. The molecule has 0 aromatic rings. The maximum absolute atomic E-state index is 13.0. The minimum Gasteiger partial charge on any atom is -0.466 e.